The van der Waals surface area contributed by atoms with Crippen molar-refractivity contribution in [2.45, 2.75) is 39.4 Å². The van der Waals surface area contributed by atoms with Gasteiger partial charge in [-0.1, -0.05) is 23.8 Å². The van der Waals surface area contributed by atoms with Crippen LogP contribution in [0.3, 0.4) is 0 Å². The summed E-state index contributed by atoms with van der Waals surface area (Å²) in [6.07, 6.45) is 7.27. The van der Waals surface area contributed by atoms with Crippen LogP contribution in [0.4, 0.5) is 0 Å². The van der Waals surface area contributed by atoms with Gasteiger partial charge in [0.05, 0.1) is 11.7 Å². The van der Waals surface area contributed by atoms with Gasteiger partial charge < -0.3 is 4.74 Å². The van der Waals surface area contributed by atoms with E-state index >= 15 is 0 Å². The van der Waals surface area contributed by atoms with Gasteiger partial charge >= 0.3 is 0 Å². The first-order valence-corrected chi connectivity index (χ1v) is 5.02. The summed E-state index contributed by atoms with van der Waals surface area (Å²) in [5, 5.41) is 0. The fourth-order valence-electron chi connectivity index (χ4n) is 2.24. The van der Waals surface area contributed by atoms with Crippen LogP contribution in [0.2, 0.25) is 0 Å². The van der Waals surface area contributed by atoms with E-state index in [1.54, 1.807) is 0 Å². The van der Waals surface area contributed by atoms with Gasteiger partial charge in [0, 0.05) is 11.8 Å². The second kappa shape index (κ2) is 2.71. The summed E-state index contributed by atoms with van der Waals surface area (Å²) in [5.41, 5.74) is 1.45. The molecule has 0 heterocycles. The van der Waals surface area contributed by atoms with Crippen molar-refractivity contribution in [3.05, 3.63) is 23.8 Å². The number of hydrogen-bond acceptors (Lipinski definition) is 1. The third-order valence-electron chi connectivity index (χ3n) is 2.74. The van der Waals surface area contributed by atoms with Crippen LogP contribution < -0.4 is 0 Å². The molecule has 0 unspecified atom stereocenters. The summed E-state index contributed by atoms with van der Waals surface area (Å²) in [5.74, 6) is 1.08. The molecule has 0 aliphatic heterocycles. The van der Waals surface area contributed by atoms with Gasteiger partial charge in [0.25, 0.3) is 0 Å². The van der Waals surface area contributed by atoms with E-state index in [-0.39, 0.29) is 5.60 Å². The Labute approximate surface area is 80.5 Å². The van der Waals surface area contributed by atoms with Crippen LogP contribution in [-0.2, 0) is 4.74 Å². The van der Waals surface area contributed by atoms with Crippen molar-refractivity contribution in [3.8, 4) is 0 Å². The lowest BCUT2D eigenvalue weighted by Crippen LogP contribution is -2.31. The van der Waals surface area contributed by atoms with Gasteiger partial charge in [-0.3, -0.25) is 0 Å². The van der Waals surface area contributed by atoms with E-state index in [0.29, 0.717) is 17.9 Å². The van der Waals surface area contributed by atoms with Gasteiger partial charge in [-0.05, 0) is 27.7 Å². The number of ether oxygens (including phenoxy) is 1. The maximum atomic E-state index is 6.04. The maximum absolute atomic E-state index is 6.04. The van der Waals surface area contributed by atoms with Gasteiger partial charge in [0.2, 0.25) is 0 Å². The van der Waals surface area contributed by atoms with Crippen LogP contribution in [0, 0.1) is 11.8 Å². The molecule has 0 amide bonds. The fourth-order valence-corrected chi connectivity index (χ4v) is 2.24. The number of rotatable bonds is 1. The second-order valence-electron chi connectivity index (χ2n) is 5.09. The van der Waals surface area contributed by atoms with Crippen molar-refractivity contribution in [1.82, 2.24) is 0 Å². The molecule has 2 aliphatic carbocycles. The van der Waals surface area contributed by atoms with E-state index in [9.17, 15) is 0 Å². The van der Waals surface area contributed by atoms with Crippen molar-refractivity contribution in [2.75, 3.05) is 0 Å². The Morgan fingerprint density at radius 1 is 1.23 bits per heavy atom. The van der Waals surface area contributed by atoms with Crippen LogP contribution >= 0.6 is 0 Å². The van der Waals surface area contributed by atoms with E-state index in [1.165, 1.54) is 5.57 Å². The third kappa shape index (κ3) is 1.58. The minimum absolute atomic E-state index is 0.0222. The quantitative estimate of drug-likeness (QED) is 0.561. The van der Waals surface area contributed by atoms with Crippen molar-refractivity contribution >= 4 is 0 Å². The molecule has 0 radical (unpaired) electrons. The summed E-state index contributed by atoms with van der Waals surface area (Å²) < 4.78 is 6.04. The first-order valence-electron chi connectivity index (χ1n) is 5.02. The third-order valence-corrected chi connectivity index (χ3v) is 2.74. The Kier molecular flexibility index (Phi) is 1.88. The normalized spacial score (nSPS) is 36.9. The molecule has 1 heteroatoms. The highest BCUT2D eigenvalue weighted by Crippen LogP contribution is 2.41. The molecule has 72 valence electrons. The van der Waals surface area contributed by atoms with Gasteiger partial charge in [0.1, 0.15) is 0 Å². The standard InChI is InChI=1S/C12H18O/c1-8-7-9-5-6-10(8)11(9)13-12(2,3)4/h5-7,9-11H,1-4H3/t9-,10+,11-/m0/s1. The topological polar surface area (TPSA) is 9.23 Å². The molecule has 2 bridgehead atoms. The van der Waals surface area contributed by atoms with Gasteiger partial charge in [-0.15, -0.1) is 0 Å². The minimum atomic E-state index is -0.0222. The average Bonchev–Trinajstić information content (AvgIpc) is 2.42. The van der Waals surface area contributed by atoms with E-state index in [2.05, 4.69) is 45.9 Å². The van der Waals surface area contributed by atoms with Crippen LogP contribution in [0.15, 0.2) is 23.8 Å². The second-order valence-corrected chi connectivity index (χ2v) is 5.09. The maximum Gasteiger partial charge on any atom is 0.0778 e. The molecule has 0 saturated heterocycles. The van der Waals surface area contributed by atoms with Gasteiger partial charge in [-0.2, -0.15) is 0 Å². The fraction of sp³-hybridized carbons (Fsp3) is 0.667. The van der Waals surface area contributed by atoms with Crippen molar-refractivity contribution in [3.63, 3.8) is 0 Å². The molecule has 0 aromatic rings. The Balaban J connectivity index is 2.07. The highest BCUT2D eigenvalue weighted by molar-refractivity contribution is 5.32. The zero-order chi connectivity index (χ0) is 9.64. The number of fused-ring (bicyclic) bond motifs is 2. The van der Waals surface area contributed by atoms with Crippen molar-refractivity contribution in [2.24, 2.45) is 11.8 Å². The van der Waals surface area contributed by atoms with Gasteiger partial charge in [-0.25, -0.2) is 0 Å². The first-order chi connectivity index (χ1) is 5.97. The summed E-state index contributed by atoms with van der Waals surface area (Å²) in [4.78, 5) is 0. The smallest absolute Gasteiger partial charge is 0.0778 e. The molecule has 0 aromatic heterocycles. The van der Waals surface area contributed by atoms with E-state index < -0.39 is 0 Å². The molecule has 0 N–H and O–H groups in total. The summed E-state index contributed by atoms with van der Waals surface area (Å²) in [7, 11) is 0. The summed E-state index contributed by atoms with van der Waals surface area (Å²) in [6.45, 7) is 8.58. The van der Waals surface area contributed by atoms with Crippen LogP contribution in [0.5, 0.6) is 0 Å². The first kappa shape index (κ1) is 9.01. The molecule has 1 nitrogen and oxygen atoms in total. The molecule has 2 aliphatic rings. The lowest BCUT2D eigenvalue weighted by Gasteiger charge is -2.28. The minimum Gasteiger partial charge on any atom is -0.371 e. The molecular weight excluding hydrogens is 160 g/mol. The Morgan fingerprint density at radius 2 is 1.92 bits per heavy atom. The molecular formula is C12H18O. The summed E-state index contributed by atoms with van der Waals surface area (Å²) >= 11 is 0. The lowest BCUT2D eigenvalue weighted by atomic mass is 10.0. The summed E-state index contributed by atoms with van der Waals surface area (Å²) in [6, 6.07) is 0. The van der Waals surface area contributed by atoms with Crippen LogP contribution in [-0.4, -0.2) is 11.7 Å². The monoisotopic (exact) mass is 178 g/mol. The predicted molar refractivity (Wildman–Crippen MR) is 54.5 cm³/mol. The molecule has 2 rings (SSSR count). The van der Waals surface area contributed by atoms with E-state index in [1.807, 2.05) is 0 Å². The highest BCUT2D eigenvalue weighted by Gasteiger charge is 2.39. The largest absolute Gasteiger partial charge is 0.371 e. The average molecular weight is 178 g/mol. The van der Waals surface area contributed by atoms with E-state index in [0.717, 1.165) is 0 Å². The zero-order valence-electron chi connectivity index (χ0n) is 8.87. The highest BCUT2D eigenvalue weighted by atomic mass is 16.5. The van der Waals surface area contributed by atoms with Crippen molar-refractivity contribution in [1.29, 1.82) is 0 Å². The molecule has 0 saturated carbocycles. The zero-order valence-corrected chi connectivity index (χ0v) is 8.87. The van der Waals surface area contributed by atoms with Crippen LogP contribution in [0.1, 0.15) is 27.7 Å². The molecule has 0 aromatic carbocycles. The molecule has 13 heavy (non-hydrogen) atoms. The van der Waals surface area contributed by atoms with Crippen molar-refractivity contribution < 1.29 is 4.74 Å². The van der Waals surface area contributed by atoms with Gasteiger partial charge in [0.15, 0.2) is 0 Å². The number of hydrogen-bond donors (Lipinski definition) is 0. The molecule has 0 spiro atoms. The Morgan fingerprint density at radius 3 is 2.31 bits per heavy atom. The molecule has 0 fully saturated rings. The molecule has 3 atom stereocenters. The SMILES string of the molecule is CC1=C[C@@H]2C=C[C@H]1[C@H]2OC(C)(C)C. The Bertz CT molecular complexity index is 267. The Hall–Kier alpha value is -0.560. The van der Waals surface area contributed by atoms with Crippen LogP contribution in [0.25, 0.3) is 0 Å². The van der Waals surface area contributed by atoms with E-state index in [4.69, 9.17) is 4.74 Å². The predicted octanol–water partition coefficient (Wildman–Crippen LogP) is 2.93. The lowest BCUT2D eigenvalue weighted by molar-refractivity contribution is -0.0727.